The van der Waals surface area contributed by atoms with Crippen LogP contribution >= 0.6 is 0 Å². The molecule has 3 rings (SSSR count). The van der Waals surface area contributed by atoms with Crippen LogP contribution in [-0.4, -0.2) is 45.9 Å². The molecule has 2 aliphatic heterocycles. The third-order valence-corrected chi connectivity index (χ3v) is 3.71. The van der Waals surface area contributed by atoms with Crippen molar-refractivity contribution >= 4 is 11.9 Å². The molecule has 21 heavy (non-hydrogen) atoms. The fourth-order valence-corrected chi connectivity index (χ4v) is 2.88. The zero-order valence-corrected chi connectivity index (χ0v) is 12.8. The summed E-state index contributed by atoms with van der Waals surface area (Å²) in [5.41, 5.74) is 0. The minimum absolute atomic E-state index is 0.0283. The van der Waals surface area contributed by atoms with Gasteiger partial charge in [0.25, 0.3) is 0 Å². The number of rotatable bonds is 6. The van der Waals surface area contributed by atoms with E-state index in [0.717, 1.165) is 19.4 Å². The van der Waals surface area contributed by atoms with Gasteiger partial charge >= 0.3 is 6.01 Å². The molecule has 7 nitrogen and oxygen atoms in total. The van der Waals surface area contributed by atoms with Gasteiger partial charge in [0.1, 0.15) is 0 Å². The SMILES string of the molecule is CCNc1nc(NC2CC3CCC2O3)nc(OC(C)C)n1. The maximum atomic E-state index is 5.85. The zero-order chi connectivity index (χ0) is 14.8. The third kappa shape index (κ3) is 3.34. The molecule has 0 aliphatic carbocycles. The Morgan fingerprint density at radius 3 is 2.67 bits per heavy atom. The molecule has 2 saturated heterocycles. The van der Waals surface area contributed by atoms with Crippen LogP contribution in [0.15, 0.2) is 0 Å². The second-order valence-corrected chi connectivity index (χ2v) is 5.82. The Hall–Kier alpha value is -1.63. The summed E-state index contributed by atoms with van der Waals surface area (Å²) in [6, 6.07) is 0.634. The summed E-state index contributed by atoms with van der Waals surface area (Å²) in [5, 5.41) is 6.48. The first kappa shape index (κ1) is 14.3. The average molecular weight is 293 g/mol. The minimum atomic E-state index is 0.0283. The molecule has 7 heteroatoms. The van der Waals surface area contributed by atoms with E-state index in [4.69, 9.17) is 9.47 Å². The fourth-order valence-electron chi connectivity index (χ4n) is 2.88. The number of nitrogens with one attached hydrogen (secondary N) is 2. The summed E-state index contributed by atoms with van der Waals surface area (Å²) < 4.78 is 11.4. The van der Waals surface area contributed by atoms with E-state index in [2.05, 4.69) is 25.6 Å². The third-order valence-electron chi connectivity index (χ3n) is 3.71. The number of anilines is 2. The van der Waals surface area contributed by atoms with E-state index in [1.807, 2.05) is 20.8 Å². The molecular weight excluding hydrogens is 270 g/mol. The molecule has 2 bridgehead atoms. The van der Waals surface area contributed by atoms with Gasteiger partial charge in [0.15, 0.2) is 0 Å². The number of hydrogen-bond acceptors (Lipinski definition) is 7. The molecule has 3 atom stereocenters. The second kappa shape index (κ2) is 6.01. The molecule has 0 saturated carbocycles. The molecule has 0 spiro atoms. The van der Waals surface area contributed by atoms with Crippen LogP contribution < -0.4 is 15.4 Å². The second-order valence-electron chi connectivity index (χ2n) is 5.82. The number of fused-ring (bicyclic) bond motifs is 2. The highest BCUT2D eigenvalue weighted by molar-refractivity contribution is 5.37. The summed E-state index contributed by atoms with van der Waals surface area (Å²) in [5.74, 6) is 1.09. The monoisotopic (exact) mass is 293 g/mol. The normalized spacial score (nSPS) is 27.1. The Labute approximate surface area is 124 Å². The van der Waals surface area contributed by atoms with Crippen molar-refractivity contribution in [2.45, 2.75) is 64.4 Å². The van der Waals surface area contributed by atoms with E-state index in [1.54, 1.807) is 0 Å². The standard InChI is InChI=1S/C14H23N5O2/c1-4-15-12-17-13(19-14(18-12)20-8(2)3)16-10-7-9-5-6-11(10)21-9/h8-11H,4-7H2,1-3H3,(H2,15,16,17,18,19). The predicted molar refractivity (Wildman–Crippen MR) is 79.7 cm³/mol. The van der Waals surface area contributed by atoms with Gasteiger partial charge in [-0.1, -0.05) is 0 Å². The van der Waals surface area contributed by atoms with Crippen LogP contribution in [-0.2, 0) is 4.74 Å². The highest BCUT2D eigenvalue weighted by atomic mass is 16.5. The van der Waals surface area contributed by atoms with Crippen molar-refractivity contribution in [1.82, 2.24) is 15.0 Å². The van der Waals surface area contributed by atoms with Gasteiger partial charge in [0.05, 0.1) is 24.4 Å². The van der Waals surface area contributed by atoms with Crippen molar-refractivity contribution in [3.63, 3.8) is 0 Å². The van der Waals surface area contributed by atoms with Gasteiger partial charge in [-0.05, 0) is 40.0 Å². The maximum Gasteiger partial charge on any atom is 0.323 e. The molecule has 0 amide bonds. The molecule has 3 heterocycles. The summed E-state index contributed by atoms with van der Waals surface area (Å²) >= 11 is 0. The van der Waals surface area contributed by atoms with Crippen LogP contribution in [0.4, 0.5) is 11.9 Å². The highest BCUT2D eigenvalue weighted by Gasteiger charge is 2.41. The Bertz CT molecular complexity index is 496. The van der Waals surface area contributed by atoms with E-state index in [0.29, 0.717) is 24.0 Å². The van der Waals surface area contributed by atoms with Crippen molar-refractivity contribution in [3.05, 3.63) is 0 Å². The van der Waals surface area contributed by atoms with E-state index < -0.39 is 0 Å². The van der Waals surface area contributed by atoms with Gasteiger partial charge in [0.2, 0.25) is 11.9 Å². The Morgan fingerprint density at radius 2 is 2.05 bits per heavy atom. The first-order valence-electron chi connectivity index (χ1n) is 7.72. The lowest BCUT2D eigenvalue weighted by Gasteiger charge is -2.20. The first-order chi connectivity index (χ1) is 10.1. The number of ether oxygens (including phenoxy) is 2. The number of hydrogen-bond donors (Lipinski definition) is 2. The number of aromatic nitrogens is 3. The van der Waals surface area contributed by atoms with Crippen molar-refractivity contribution in [2.24, 2.45) is 0 Å². The van der Waals surface area contributed by atoms with E-state index in [-0.39, 0.29) is 18.2 Å². The summed E-state index contributed by atoms with van der Waals surface area (Å²) in [7, 11) is 0. The molecule has 1 aromatic rings. The summed E-state index contributed by atoms with van der Waals surface area (Å²) in [6.07, 6.45) is 4.01. The minimum Gasteiger partial charge on any atom is -0.461 e. The molecule has 0 aromatic carbocycles. The lowest BCUT2D eigenvalue weighted by Crippen LogP contribution is -2.31. The quantitative estimate of drug-likeness (QED) is 0.828. The molecule has 2 N–H and O–H groups in total. The van der Waals surface area contributed by atoms with Gasteiger partial charge in [-0.25, -0.2) is 0 Å². The van der Waals surface area contributed by atoms with Crippen molar-refractivity contribution in [3.8, 4) is 6.01 Å². The Balaban J connectivity index is 1.74. The average Bonchev–Trinajstić information content (AvgIpc) is 3.00. The molecule has 0 radical (unpaired) electrons. The summed E-state index contributed by atoms with van der Waals surface area (Å²) in [6.45, 7) is 6.66. The van der Waals surface area contributed by atoms with Crippen LogP contribution in [0.3, 0.4) is 0 Å². The van der Waals surface area contributed by atoms with Gasteiger partial charge in [-0.2, -0.15) is 15.0 Å². The molecular formula is C14H23N5O2. The van der Waals surface area contributed by atoms with Crippen LogP contribution in [0.5, 0.6) is 6.01 Å². The Morgan fingerprint density at radius 1 is 1.24 bits per heavy atom. The van der Waals surface area contributed by atoms with Crippen molar-refractivity contribution < 1.29 is 9.47 Å². The predicted octanol–water partition coefficient (Wildman–Crippen LogP) is 1.82. The fraction of sp³-hybridized carbons (Fsp3) is 0.786. The van der Waals surface area contributed by atoms with Crippen molar-refractivity contribution in [2.75, 3.05) is 17.2 Å². The van der Waals surface area contributed by atoms with Gasteiger partial charge < -0.3 is 20.1 Å². The first-order valence-corrected chi connectivity index (χ1v) is 7.72. The molecule has 2 fully saturated rings. The molecule has 3 unspecified atom stereocenters. The zero-order valence-electron chi connectivity index (χ0n) is 12.8. The molecule has 1 aromatic heterocycles. The molecule has 2 aliphatic rings. The lowest BCUT2D eigenvalue weighted by atomic mass is 9.96. The lowest BCUT2D eigenvalue weighted by molar-refractivity contribution is 0.102. The van der Waals surface area contributed by atoms with Crippen LogP contribution in [0.2, 0.25) is 0 Å². The summed E-state index contributed by atoms with van der Waals surface area (Å²) in [4.78, 5) is 13.0. The van der Waals surface area contributed by atoms with E-state index in [1.165, 1.54) is 6.42 Å². The van der Waals surface area contributed by atoms with Crippen LogP contribution in [0, 0.1) is 0 Å². The smallest absolute Gasteiger partial charge is 0.323 e. The number of nitrogens with zero attached hydrogens (tertiary/aromatic N) is 3. The topological polar surface area (TPSA) is 81.2 Å². The Kier molecular flexibility index (Phi) is 4.10. The van der Waals surface area contributed by atoms with Gasteiger partial charge in [-0.15, -0.1) is 0 Å². The molecule has 116 valence electrons. The van der Waals surface area contributed by atoms with Gasteiger partial charge in [-0.3, -0.25) is 0 Å². The van der Waals surface area contributed by atoms with Crippen LogP contribution in [0.1, 0.15) is 40.0 Å². The largest absolute Gasteiger partial charge is 0.461 e. The van der Waals surface area contributed by atoms with E-state index >= 15 is 0 Å². The van der Waals surface area contributed by atoms with Gasteiger partial charge in [0, 0.05) is 6.54 Å². The highest BCUT2D eigenvalue weighted by Crippen LogP contribution is 2.35. The van der Waals surface area contributed by atoms with Crippen molar-refractivity contribution in [1.29, 1.82) is 0 Å². The maximum absolute atomic E-state index is 5.85. The van der Waals surface area contributed by atoms with Crippen LogP contribution in [0.25, 0.3) is 0 Å². The van der Waals surface area contributed by atoms with E-state index in [9.17, 15) is 0 Å².